The summed E-state index contributed by atoms with van der Waals surface area (Å²) >= 11 is 0. The van der Waals surface area contributed by atoms with Crippen LogP contribution in [0.2, 0.25) is 0 Å². The van der Waals surface area contributed by atoms with Gasteiger partial charge in [0.05, 0.1) is 48.9 Å². The first kappa shape index (κ1) is 42.4. The zero-order valence-electron chi connectivity index (χ0n) is 36.4. The van der Waals surface area contributed by atoms with Gasteiger partial charge < -0.3 is 19.9 Å². The number of amides is 3. The van der Waals surface area contributed by atoms with Gasteiger partial charge in [-0.3, -0.25) is 34.1 Å². The molecular weight excluding hydrogens is 845 g/mol. The molecule has 3 aliphatic rings. The number of nitrogens with one attached hydrogen (secondary N) is 2. The van der Waals surface area contributed by atoms with Crippen molar-refractivity contribution < 1.29 is 19.1 Å². The summed E-state index contributed by atoms with van der Waals surface area (Å²) in [6.45, 7) is 6.63. The van der Waals surface area contributed by atoms with Gasteiger partial charge >= 0.3 is 0 Å². The second-order valence-electron chi connectivity index (χ2n) is 16.8. The molecule has 8 heterocycles. The van der Waals surface area contributed by atoms with Crippen LogP contribution >= 0.6 is 0 Å². The molecule has 3 fully saturated rings. The molecule has 21 nitrogen and oxygen atoms in total. The maximum Gasteiger partial charge on any atom is 0.275 e. The van der Waals surface area contributed by atoms with E-state index >= 15 is 0 Å². The second kappa shape index (κ2) is 18.5. The summed E-state index contributed by atoms with van der Waals surface area (Å²) in [6, 6.07) is 13.0. The predicted octanol–water partition coefficient (Wildman–Crippen LogP) is 2.21. The summed E-state index contributed by atoms with van der Waals surface area (Å²) in [4.78, 5) is 75.2. The van der Waals surface area contributed by atoms with Gasteiger partial charge in [0.1, 0.15) is 6.04 Å². The summed E-state index contributed by atoms with van der Waals surface area (Å²) in [7, 11) is 1.86. The number of aryl methyl sites for hydroxylation is 1. The number of fused-ring (bicyclic) bond motifs is 2. The Morgan fingerprint density at radius 1 is 0.894 bits per heavy atom. The van der Waals surface area contributed by atoms with E-state index in [-0.39, 0.29) is 36.3 Å². The normalized spacial score (nSPS) is 18.3. The molecular formula is C45H48N16O5. The molecule has 2 atom stereocenters. The number of piperidine rings is 1. The number of hydrogen-bond donors (Lipinski definition) is 2. The highest BCUT2D eigenvalue weighted by Gasteiger charge is 2.30. The molecule has 0 aliphatic carbocycles. The Morgan fingerprint density at radius 3 is 2.52 bits per heavy atom. The van der Waals surface area contributed by atoms with Gasteiger partial charge in [-0.15, -0.1) is 5.10 Å². The van der Waals surface area contributed by atoms with E-state index in [1.54, 1.807) is 34.0 Å². The van der Waals surface area contributed by atoms with Crippen LogP contribution in [0.1, 0.15) is 37.3 Å². The monoisotopic (exact) mass is 892 g/mol. The van der Waals surface area contributed by atoms with E-state index in [4.69, 9.17) is 14.7 Å². The van der Waals surface area contributed by atoms with Gasteiger partial charge in [-0.1, -0.05) is 29.5 Å². The van der Waals surface area contributed by atoms with Crippen molar-refractivity contribution in [3.05, 3.63) is 95.6 Å². The Hall–Kier alpha value is -7.52. The van der Waals surface area contributed by atoms with Crippen LogP contribution in [-0.4, -0.2) is 141 Å². The van der Waals surface area contributed by atoms with Gasteiger partial charge in [0.15, 0.2) is 5.65 Å². The Morgan fingerprint density at radius 2 is 1.73 bits per heavy atom. The number of nitrogens with zero attached hydrogens (tertiary/aromatic N) is 14. The first-order valence-electron chi connectivity index (χ1n) is 22.1. The van der Waals surface area contributed by atoms with Crippen molar-refractivity contribution in [3.63, 3.8) is 0 Å². The molecule has 3 saturated heterocycles. The first-order valence-corrected chi connectivity index (χ1v) is 22.1. The van der Waals surface area contributed by atoms with Crippen molar-refractivity contribution in [1.82, 2.24) is 69.6 Å². The Balaban J connectivity index is 0.652. The number of imide groups is 1. The number of anilines is 2. The fourth-order valence-corrected chi connectivity index (χ4v) is 8.67. The van der Waals surface area contributed by atoms with Gasteiger partial charge in [-0.25, -0.2) is 29.3 Å². The smallest absolute Gasteiger partial charge is 0.275 e. The summed E-state index contributed by atoms with van der Waals surface area (Å²) in [5.41, 5.74) is 6.21. The Labute approximate surface area is 377 Å². The van der Waals surface area contributed by atoms with Crippen molar-refractivity contribution in [2.75, 3.05) is 62.6 Å². The molecule has 0 saturated carbocycles. The minimum Gasteiger partial charge on any atom is -0.385 e. The maximum absolute atomic E-state index is 13.1. The largest absolute Gasteiger partial charge is 0.385 e. The first-order chi connectivity index (χ1) is 32.2. The Bertz CT molecular complexity index is 2960. The van der Waals surface area contributed by atoms with Gasteiger partial charge in [0.25, 0.3) is 11.5 Å². The van der Waals surface area contributed by atoms with E-state index in [0.29, 0.717) is 92.4 Å². The minimum atomic E-state index is -0.811. The highest BCUT2D eigenvalue weighted by Crippen LogP contribution is 2.24. The van der Waals surface area contributed by atoms with Crippen LogP contribution in [0.4, 0.5) is 11.6 Å². The molecule has 10 rings (SSSR count). The number of carbonyl (C=O) groups excluding carboxylic acids is 3. The fraction of sp³-hybridized carbons (Fsp3) is 0.378. The molecule has 2 aromatic carbocycles. The SMILES string of the molecule is Cn1cc(-c2cnc3c(nnn3C[C@@H]3CN(c4ncc(-c5ccc(CN6CCN(C(=O)CCCNc7ccc8c(=O)n(C9CCC(=O)NC9=O)ncc8c7)CC6)cc5)cn4)CCO3)n2)cn1. The lowest BCUT2D eigenvalue weighted by molar-refractivity contribution is -0.136. The molecule has 3 amide bonds. The van der Waals surface area contributed by atoms with Gasteiger partial charge in [0, 0.05) is 113 Å². The molecule has 0 bridgehead atoms. The topological polar surface area (TPSA) is 229 Å². The predicted molar refractivity (Wildman–Crippen MR) is 242 cm³/mol. The number of rotatable bonds is 13. The molecule has 1 unspecified atom stereocenters. The standard InChI is InChI=1S/C45H48N16O5/c1-56-26-33(23-50-56)37-24-47-42-41(52-37)54-55-60(42)28-35-27-59(17-18-66-35)45-48-20-32(21-49-45)30-6-4-29(5-7-30)25-57-13-15-58(16-14-57)40(63)3-2-12-46-34-8-9-36-31(19-34)22-51-61(44(36)65)38-10-11-39(62)53-43(38)64/h4-9,19-24,26,35,38,46H,2-3,10-18,25,27-28H2,1H3,(H,53,62,64)/t35-,38?/m0/s1. The molecule has 7 aromatic rings. The summed E-state index contributed by atoms with van der Waals surface area (Å²) in [5.74, 6) is -0.0720. The van der Waals surface area contributed by atoms with Crippen LogP contribution in [0.3, 0.4) is 0 Å². The number of hydrogen-bond acceptors (Lipinski definition) is 16. The highest BCUT2D eigenvalue weighted by molar-refractivity contribution is 5.99. The summed E-state index contributed by atoms with van der Waals surface area (Å²) in [5, 5.41) is 23.7. The number of benzene rings is 2. The lowest BCUT2D eigenvalue weighted by Crippen LogP contribution is -2.48. The molecule has 0 radical (unpaired) electrons. The highest BCUT2D eigenvalue weighted by atomic mass is 16.5. The third-order valence-electron chi connectivity index (χ3n) is 12.3. The summed E-state index contributed by atoms with van der Waals surface area (Å²) in [6.07, 6.45) is 11.9. The zero-order chi connectivity index (χ0) is 45.1. The number of aromatic nitrogens is 11. The Kier molecular flexibility index (Phi) is 11.9. The van der Waals surface area contributed by atoms with E-state index < -0.39 is 11.9 Å². The average Bonchev–Trinajstić information content (AvgIpc) is 3.96. The molecule has 66 heavy (non-hydrogen) atoms. The molecule has 338 valence electrons. The van der Waals surface area contributed by atoms with Crippen LogP contribution in [0.25, 0.3) is 44.5 Å². The van der Waals surface area contributed by atoms with E-state index in [0.717, 1.165) is 46.7 Å². The number of piperazine rings is 1. The third-order valence-corrected chi connectivity index (χ3v) is 12.3. The van der Waals surface area contributed by atoms with Crippen LogP contribution in [0.5, 0.6) is 0 Å². The fourth-order valence-electron chi connectivity index (χ4n) is 8.67. The van der Waals surface area contributed by atoms with E-state index in [1.807, 2.05) is 42.7 Å². The van der Waals surface area contributed by atoms with Crippen LogP contribution in [0, 0.1) is 0 Å². The number of carbonyl (C=O) groups is 3. The molecule has 2 N–H and O–H groups in total. The third kappa shape index (κ3) is 9.20. The lowest BCUT2D eigenvalue weighted by atomic mass is 10.1. The van der Waals surface area contributed by atoms with E-state index in [2.05, 4.69) is 75.2 Å². The zero-order valence-corrected chi connectivity index (χ0v) is 36.4. The second-order valence-corrected chi connectivity index (χ2v) is 16.8. The van der Waals surface area contributed by atoms with E-state index in [1.165, 1.54) is 5.56 Å². The van der Waals surface area contributed by atoms with Crippen molar-refractivity contribution in [2.45, 2.75) is 50.9 Å². The van der Waals surface area contributed by atoms with E-state index in [9.17, 15) is 19.2 Å². The van der Waals surface area contributed by atoms with Crippen LogP contribution in [0.15, 0.2) is 84.4 Å². The number of morpholine rings is 1. The molecule has 21 heteroatoms. The van der Waals surface area contributed by atoms with Crippen molar-refractivity contribution >= 4 is 51.4 Å². The minimum absolute atomic E-state index is 0.145. The molecule has 3 aliphatic heterocycles. The van der Waals surface area contributed by atoms with Crippen molar-refractivity contribution in [1.29, 1.82) is 0 Å². The summed E-state index contributed by atoms with van der Waals surface area (Å²) < 4.78 is 10.7. The van der Waals surface area contributed by atoms with Gasteiger partial charge in [0.2, 0.25) is 23.4 Å². The van der Waals surface area contributed by atoms with Crippen LogP contribution < -0.4 is 21.1 Å². The van der Waals surface area contributed by atoms with Crippen LogP contribution in [-0.2, 0) is 39.3 Å². The number of ether oxygens (including phenoxy) is 1. The molecule has 0 spiro atoms. The van der Waals surface area contributed by atoms with Crippen molar-refractivity contribution in [2.24, 2.45) is 7.05 Å². The quantitative estimate of drug-likeness (QED) is 0.125. The van der Waals surface area contributed by atoms with Gasteiger partial charge in [-0.05, 0) is 42.2 Å². The van der Waals surface area contributed by atoms with Gasteiger partial charge in [-0.2, -0.15) is 10.2 Å². The lowest BCUT2D eigenvalue weighted by Gasteiger charge is -2.35. The molecule has 5 aromatic heterocycles. The average molecular weight is 893 g/mol. The van der Waals surface area contributed by atoms with Crippen molar-refractivity contribution in [3.8, 4) is 22.4 Å². The maximum atomic E-state index is 13.1.